The highest BCUT2D eigenvalue weighted by Crippen LogP contribution is 2.35. The van der Waals surface area contributed by atoms with E-state index in [-0.39, 0.29) is 11.6 Å². The normalized spacial score (nSPS) is 17.4. The molecule has 1 atom stereocenters. The fourth-order valence-electron chi connectivity index (χ4n) is 3.12. The third-order valence-electron chi connectivity index (χ3n) is 4.01. The van der Waals surface area contributed by atoms with Crippen LogP contribution >= 0.6 is 0 Å². The predicted molar refractivity (Wildman–Crippen MR) is 77.0 cm³/mol. The van der Waals surface area contributed by atoms with Crippen LogP contribution in [-0.4, -0.2) is 17.1 Å². The standard InChI is InChI=1S/C17H18FNO/c1-19(11-12-8-14(18)10-15(20)9-12)17-7-6-13-4-2-3-5-16(13)17/h2-5,8-10,17,20H,6-7,11H2,1H3. The molecule has 3 heteroatoms. The molecule has 1 N–H and O–H groups in total. The van der Waals surface area contributed by atoms with Crippen molar-refractivity contribution in [2.45, 2.75) is 25.4 Å². The third kappa shape index (κ3) is 2.54. The second-order valence-electron chi connectivity index (χ2n) is 5.49. The van der Waals surface area contributed by atoms with Crippen LogP contribution in [0.1, 0.15) is 29.2 Å². The first-order valence-electron chi connectivity index (χ1n) is 6.90. The van der Waals surface area contributed by atoms with Crippen LogP contribution < -0.4 is 0 Å². The lowest BCUT2D eigenvalue weighted by atomic mass is 10.1. The Morgan fingerprint density at radius 3 is 2.85 bits per heavy atom. The SMILES string of the molecule is CN(Cc1cc(O)cc(F)c1)C1CCc2ccccc21. The molecule has 104 valence electrons. The number of aryl methyl sites for hydroxylation is 1. The minimum Gasteiger partial charge on any atom is -0.508 e. The van der Waals surface area contributed by atoms with E-state index < -0.39 is 0 Å². The second kappa shape index (κ2) is 5.25. The smallest absolute Gasteiger partial charge is 0.127 e. The van der Waals surface area contributed by atoms with E-state index >= 15 is 0 Å². The number of halogens is 1. The van der Waals surface area contributed by atoms with Crippen molar-refractivity contribution in [2.75, 3.05) is 7.05 Å². The molecule has 0 saturated heterocycles. The van der Waals surface area contributed by atoms with Crippen molar-refractivity contribution in [3.05, 3.63) is 65.0 Å². The number of rotatable bonds is 3. The molecule has 1 aliphatic rings. The van der Waals surface area contributed by atoms with Gasteiger partial charge in [0.1, 0.15) is 11.6 Å². The number of fused-ring (bicyclic) bond motifs is 1. The average Bonchev–Trinajstić information content (AvgIpc) is 2.81. The Labute approximate surface area is 118 Å². The van der Waals surface area contributed by atoms with E-state index in [1.165, 1.54) is 17.2 Å². The lowest BCUT2D eigenvalue weighted by molar-refractivity contribution is 0.235. The highest BCUT2D eigenvalue weighted by molar-refractivity contribution is 5.35. The van der Waals surface area contributed by atoms with Gasteiger partial charge in [0, 0.05) is 18.7 Å². The van der Waals surface area contributed by atoms with Crippen molar-refractivity contribution in [2.24, 2.45) is 0 Å². The van der Waals surface area contributed by atoms with Gasteiger partial charge in [-0.05, 0) is 48.7 Å². The fraction of sp³-hybridized carbons (Fsp3) is 0.294. The second-order valence-corrected chi connectivity index (χ2v) is 5.49. The van der Waals surface area contributed by atoms with Gasteiger partial charge in [-0.15, -0.1) is 0 Å². The maximum atomic E-state index is 13.3. The largest absolute Gasteiger partial charge is 0.508 e. The average molecular weight is 271 g/mol. The summed E-state index contributed by atoms with van der Waals surface area (Å²) in [6.45, 7) is 0.629. The van der Waals surface area contributed by atoms with Gasteiger partial charge in [-0.1, -0.05) is 24.3 Å². The Morgan fingerprint density at radius 1 is 1.25 bits per heavy atom. The Morgan fingerprint density at radius 2 is 2.05 bits per heavy atom. The molecule has 0 heterocycles. The Balaban J connectivity index is 1.79. The van der Waals surface area contributed by atoms with E-state index in [0.29, 0.717) is 12.6 Å². The molecule has 1 unspecified atom stereocenters. The highest BCUT2D eigenvalue weighted by Gasteiger charge is 2.25. The number of phenolic OH excluding ortho intramolecular Hbond substituents is 1. The van der Waals surface area contributed by atoms with Gasteiger partial charge in [0.2, 0.25) is 0 Å². The van der Waals surface area contributed by atoms with Crippen LogP contribution in [0.15, 0.2) is 42.5 Å². The molecular weight excluding hydrogens is 253 g/mol. The van der Waals surface area contributed by atoms with Crippen LogP contribution in [0.5, 0.6) is 5.75 Å². The molecule has 0 amide bonds. The zero-order valence-corrected chi connectivity index (χ0v) is 11.5. The number of hydrogen-bond donors (Lipinski definition) is 1. The molecule has 2 aromatic carbocycles. The van der Waals surface area contributed by atoms with Gasteiger partial charge >= 0.3 is 0 Å². The number of nitrogens with zero attached hydrogens (tertiary/aromatic N) is 1. The summed E-state index contributed by atoms with van der Waals surface area (Å²) in [5.74, 6) is -0.402. The molecule has 20 heavy (non-hydrogen) atoms. The summed E-state index contributed by atoms with van der Waals surface area (Å²) in [6, 6.07) is 13.1. The van der Waals surface area contributed by atoms with Gasteiger partial charge < -0.3 is 5.11 Å². The molecule has 0 aromatic heterocycles. The third-order valence-corrected chi connectivity index (χ3v) is 4.01. The molecule has 0 radical (unpaired) electrons. The Kier molecular flexibility index (Phi) is 3.45. The van der Waals surface area contributed by atoms with E-state index in [2.05, 4.69) is 36.2 Å². The van der Waals surface area contributed by atoms with E-state index in [1.807, 2.05) is 0 Å². The topological polar surface area (TPSA) is 23.5 Å². The van der Waals surface area contributed by atoms with E-state index in [9.17, 15) is 9.50 Å². The molecular formula is C17H18FNO. The first kappa shape index (κ1) is 13.1. The Hall–Kier alpha value is -1.87. The lowest BCUT2D eigenvalue weighted by Crippen LogP contribution is -2.22. The quantitative estimate of drug-likeness (QED) is 0.921. The predicted octanol–water partition coefficient (Wildman–Crippen LogP) is 3.65. The van der Waals surface area contributed by atoms with Crippen molar-refractivity contribution in [1.82, 2.24) is 4.90 Å². The first-order valence-corrected chi connectivity index (χ1v) is 6.90. The zero-order valence-electron chi connectivity index (χ0n) is 11.5. The molecule has 2 nitrogen and oxygen atoms in total. The summed E-state index contributed by atoms with van der Waals surface area (Å²) in [6.07, 6.45) is 2.19. The monoisotopic (exact) mass is 271 g/mol. The number of benzene rings is 2. The summed E-state index contributed by atoms with van der Waals surface area (Å²) < 4.78 is 13.3. The van der Waals surface area contributed by atoms with E-state index in [1.54, 1.807) is 6.07 Å². The number of phenols is 1. The summed E-state index contributed by atoms with van der Waals surface area (Å²) in [4.78, 5) is 2.22. The van der Waals surface area contributed by atoms with Crippen LogP contribution in [-0.2, 0) is 13.0 Å². The molecule has 3 rings (SSSR count). The van der Waals surface area contributed by atoms with Crippen LogP contribution in [0.2, 0.25) is 0 Å². The molecule has 0 aliphatic heterocycles. The van der Waals surface area contributed by atoms with Gasteiger partial charge in [0.25, 0.3) is 0 Å². The van der Waals surface area contributed by atoms with Crippen molar-refractivity contribution < 1.29 is 9.50 Å². The van der Waals surface area contributed by atoms with Crippen molar-refractivity contribution in [3.63, 3.8) is 0 Å². The van der Waals surface area contributed by atoms with Gasteiger partial charge in [-0.3, -0.25) is 4.90 Å². The van der Waals surface area contributed by atoms with E-state index in [4.69, 9.17) is 0 Å². The minimum atomic E-state index is -0.389. The van der Waals surface area contributed by atoms with E-state index in [0.717, 1.165) is 24.5 Å². The maximum absolute atomic E-state index is 13.3. The van der Waals surface area contributed by atoms with Crippen LogP contribution in [0.4, 0.5) is 4.39 Å². The minimum absolute atomic E-state index is 0.0137. The lowest BCUT2D eigenvalue weighted by Gasteiger charge is -2.25. The van der Waals surface area contributed by atoms with Gasteiger partial charge in [0.05, 0.1) is 0 Å². The van der Waals surface area contributed by atoms with Gasteiger partial charge in [-0.25, -0.2) is 4.39 Å². The van der Waals surface area contributed by atoms with Crippen molar-refractivity contribution in [3.8, 4) is 5.75 Å². The van der Waals surface area contributed by atoms with Crippen molar-refractivity contribution >= 4 is 0 Å². The van der Waals surface area contributed by atoms with Crippen molar-refractivity contribution in [1.29, 1.82) is 0 Å². The summed E-state index contributed by atoms with van der Waals surface area (Å²) in [5, 5.41) is 9.47. The number of aromatic hydroxyl groups is 1. The zero-order chi connectivity index (χ0) is 14.1. The molecule has 0 fully saturated rings. The summed E-state index contributed by atoms with van der Waals surface area (Å²) >= 11 is 0. The maximum Gasteiger partial charge on any atom is 0.127 e. The van der Waals surface area contributed by atoms with Gasteiger partial charge in [0.15, 0.2) is 0 Å². The molecule has 0 spiro atoms. The molecule has 1 aliphatic carbocycles. The molecule has 0 saturated carbocycles. The molecule has 0 bridgehead atoms. The molecule has 2 aromatic rings. The number of hydrogen-bond acceptors (Lipinski definition) is 2. The van der Waals surface area contributed by atoms with Gasteiger partial charge in [-0.2, -0.15) is 0 Å². The Bertz CT molecular complexity index is 606. The highest BCUT2D eigenvalue weighted by atomic mass is 19.1. The first-order chi connectivity index (χ1) is 9.63. The summed E-state index contributed by atoms with van der Waals surface area (Å²) in [7, 11) is 2.05. The van der Waals surface area contributed by atoms with Crippen LogP contribution in [0, 0.1) is 5.82 Å². The van der Waals surface area contributed by atoms with Crippen LogP contribution in [0.3, 0.4) is 0 Å². The fourth-order valence-corrected chi connectivity index (χ4v) is 3.12. The summed E-state index contributed by atoms with van der Waals surface area (Å²) in [5.41, 5.74) is 3.58. The van der Waals surface area contributed by atoms with Crippen LogP contribution in [0.25, 0.3) is 0 Å².